The standard InChI is InChI=1S/C14H18N4O2/c15-11-2-1-3-12(10-11)20-9-5-14(19)18-6-4-13-16-7-8-17-13/h1-3,7-8,10H,4-6,9,15H2,(H,16,17)(H,18,19). The number of ether oxygens (including phenoxy) is 1. The molecule has 0 radical (unpaired) electrons. The van der Waals surface area contributed by atoms with Crippen LogP contribution in [0.25, 0.3) is 0 Å². The van der Waals surface area contributed by atoms with Crippen LogP contribution in [0.3, 0.4) is 0 Å². The summed E-state index contributed by atoms with van der Waals surface area (Å²) in [5.41, 5.74) is 6.28. The Bertz CT molecular complexity index is 540. The number of aromatic amines is 1. The van der Waals surface area contributed by atoms with E-state index in [2.05, 4.69) is 15.3 Å². The number of nitrogen functional groups attached to an aromatic ring is 1. The molecule has 1 aromatic heterocycles. The molecule has 0 saturated carbocycles. The SMILES string of the molecule is Nc1cccc(OCCC(=O)NCCc2ncc[nH]2)c1. The maximum absolute atomic E-state index is 11.6. The second-order valence-corrected chi connectivity index (χ2v) is 4.31. The molecule has 0 saturated heterocycles. The quantitative estimate of drug-likeness (QED) is 0.660. The second-order valence-electron chi connectivity index (χ2n) is 4.31. The first kappa shape index (κ1) is 13.9. The molecule has 20 heavy (non-hydrogen) atoms. The Kier molecular flexibility index (Phi) is 5.00. The molecule has 0 spiro atoms. The van der Waals surface area contributed by atoms with Gasteiger partial charge < -0.3 is 20.8 Å². The molecule has 0 aliphatic carbocycles. The van der Waals surface area contributed by atoms with E-state index in [4.69, 9.17) is 10.5 Å². The van der Waals surface area contributed by atoms with Gasteiger partial charge in [-0.05, 0) is 12.1 Å². The first-order valence-corrected chi connectivity index (χ1v) is 6.47. The van der Waals surface area contributed by atoms with Gasteiger partial charge >= 0.3 is 0 Å². The lowest BCUT2D eigenvalue weighted by Gasteiger charge is -2.07. The molecule has 0 aliphatic heterocycles. The number of hydrogen-bond donors (Lipinski definition) is 3. The van der Waals surface area contributed by atoms with Crippen molar-refractivity contribution in [3.8, 4) is 5.75 Å². The molecule has 106 valence electrons. The molecule has 1 aromatic carbocycles. The third kappa shape index (κ3) is 4.64. The molecule has 0 fully saturated rings. The van der Waals surface area contributed by atoms with Crippen LogP contribution in [0, 0.1) is 0 Å². The summed E-state index contributed by atoms with van der Waals surface area (Å²) in [5, 5.41) is 2.81. The molecule has 0 aliphatic rings. The lowest BCUT2D eigenvalue weighted by Crippen LogP contribution is -2.27. The minimum Gasteiger partial charge on any atom is -0.493 e. The second kappa shape index (κ2) is 7.18. The number of nitrogens with two attached hydrogens (primary N) is 1. The van der Waals surface area contributed by atoms with Crippen molar-refractivity contribution in [2.75, 3.05) is 18.9 Å². The predicted octanol–water partition coefficient (Wildman–Crippen LogP) is 1.12. The van der Waals surface area contributed by atoms with E-state index in [-0.39, 0.29) is 5.91 Å². The van der Waals surface area contributed by atoms with Crippen LogP contribution in [0.4, 0.5) is 5.69 Å². The third-order valence-electron chi connectivity index (χ3n) is 2.69. The molecular formula is C14H18N4O2. The van der Waals surface area contributed by atoms with Crippen molar-refractivity contribution < 1.29 is 9.53 Å². The van der Waals surface area contributed by atoms with Gasteiger partial charge in [-0.15, -0.1) is 0 Å². The Morgan fingerprint density at radius 3 is 3.10 bits per heavy atom. The first-order valence-electron chi connectivity index (χ1n) is 6.47. The Labute approximate surface area is 117 Å². The number of nitrogens with one attached hydrogen (secondary N) is 2. The smallest absolute Gasteiger partial charge is 0.223 e. The molecule has 1 heterocycles. The topological polar surface area (TPSA) is 93.0 Å². The van der Waals surface area contributed by atoms with Crippen molar-refractivity contribution in [3.63, 3.8) is 0 Å². The summed E-state index contributed by atoms with van der Waals surface area (Å²) in [6.07, 6.45) is 4.45. The maximum Gasteiger partial charge on any atom is 0.223 e. The zero-order valence-corrected chi connectivity index (χ0v) is 11.1. The fourth-order valence-corrected chi connectivity index (χ4v) is 1.71. The van der Waals surface area contributed by atoms with Crippen LogP contribution in [-0.4, -0.2) is 29.0 Å². The number of imidazole rings is 1. The molecular weight excluding hydrogens is 256 g/mol. The zero-order valence-electron chi connectivity index (χ0n) is 11.1. The van der Waals surface area contributed by atoms with E-state index < -0.39 is 0 Å². The highest BCUT2D eigenvalue weighted by molar-refractivity contribution is 5.75. The monoisotopic (exact) mass is 274 g/mol. The molecule has 0 unspecified atom stereocenters. The summed E-state index contributed by atoms with van der Waals surface area (Å²) < 4.78 is 5.45. The van der Waals surface area contributed by atoms with E-state index in [1.807, 2.05) is 12.1 Å². The van der Waals surface area contributed by atoms with E-state index in [9.17, 15) is 4.79 Å². The van der Waals surface area contributed by atoms with Crippen molar-refractivity contribution in [2.45, 2.75) is 12.8 Å². The van der Waals surface area contributed by atoms with Crippen molar-refractivity contribution in [3.05, 3.63) is 42.5 Å². The molecule has 1 amide bonds. The Morgan fingerprint density at radius 1 is 1.45 bits per heavy atom. The average molecular weight is 274 g/mol. The van der Waals surface area contributed by atoms with Crippen LogP contribution in [0.5, 0.6) is 5.75 Å². The van der Waals surface area contributed by atoms with Gasteiger partial charge in [0.15, 0.2) is 0 Å². The Hall–Kier alpha value is -2.50. The lowest BCUT2D eigenvalue weighted by molar-refractivity contribution is -0.121. The Balaban J connectivity index is 1.60. The number of aromatic nitrogens is 2. The van der Waals surface area contributed by atoms with Gasteiger partial charge in [-0.1, -0.05) is 6.07 Å². The molecule has 6 heteroatoms. The van der Waals surface area contributed by atoms with E-state index in [1.54, 1.807) is 24.5 Å². The van der Waals surface area contributed by atoms with Crippen LogP contribution >= 0.6 is 0 Å². The van der Waals surface area contributed by atoms with Crippen LogP contribution in [-0.2, 0) is 11.2 Å². The highest BCUT2D eigenvalue weighted by Gasteiger charge is 2.02. The summed E-state index contributed by atoms with van der Waals surface area (Å²) >= 11 is 0. The van der Waals surface area contributed by atoms with Gasteiger partial charge in [0.1, 0.15) is 11.6 Å². The number of hydrogen-bond acceptors (Lipinski definition) is 4. The van der Waals surface area contributed by atoms with Gasteiger partial charge in [0.05, 0.1) is 13.0 Å². The molecule has 2 rings (SSSR count). The number of benzene rings is 1. The normalized spacial score (nSPS) is 10.2. The van der Waals surface area contributed by atoms with Crippen molar-refractivity contribution in [1.29, 1.82) is 0 Å². The van der Waals surface area contributed by atoms with Gasteiger partial charge in [0, 0.05) is 37.1 Å². The number of rotatable bonds is 7. The minimum absolute atomic E-state index is 0.0412. The average Bonchev–Trinajstić information content (AvgIpc) is 2.92. The molecule has 0 atom stereocenters. The Morgan fingerprint density at radius 2 is 2.35 bits per heavy atom. The minimum atomic E-state index is -0.0412. The van der Waals surface area contributed by atoms with Gasteiger partial charge in [-0.25, -0.2) is 4.98 Å². The van der Waals surface area contributed by atoms with Crippen molar-refractivity contribution in [1.82, 2.24) is 15.3 Å². The molecule has 4 N–H and O–H groups in total. The number of carbonyl (C=O) groups is 1. The summed E-state index contributed by atoms with van der Waals surface area (Å²) in [4.78, 5) is 18.6. The molecule has 2 aromatic rings. The summed E-state index contributed by atoms with van der Waals surface area (Å²) in [6, 6.07) is 7.14. The van der Waals surface area contributed by atoms with E-state index in [1.165, 1.54) is 0 Å². The van der Waals surface area contributed by atoms with Crippen LogP contribution in [0.1, 0.15) is 12.2 Å². The van der Waals surface area contributed by atoms with E-state index in [0.717, 1.165) is 5.82 Å². The van der Waals surface area contributed by atoms with Crippen LogP contribution in [0.2, 0.25) is 0 Å². The van der Waals surface area contributed by atoms with Crippen molar-refractivity contribution >= 4 is 11.6 Å². The van der Waals surface area contributed by atoms with Crippen molar-refractivity contribution in [2.24, 2.45) is 0 Å². The number of amides is 1. The van der Waals surface area contributed by atoms with Crippen LogP contribution < -0.4 is 15.8 Å². The third-order valence-corrected chi connectivity index (χ3v) is 2.69. The number of carbonyl (C=O) groups excluding carboxylic acids is 1. The number of anilines is 1. The molecule has 6 nitrogen and oxygen atoms in total. The fraction of sp³-hybridized carbons (Fsp3) is 0.286. The van der Waals surface area contributed by atoms with Gasteiger partial charge in [0.2, 0.25) is 5.91 Å². The summed E-state index contributed by atoms with van der Waals surface area (Å²) in [7, 11) is 0. The van der Waals surface area contributed by atoms with Gasteiger partial charge in [-0.2, -0.15) is 0 Å². The number of nitrogens with zero attached hydrogens (tertiary/aromatic N) is 1. The predicted molar refractivity (Wildman–Crippen MR) is 76.3 cm³/mol. The largest absolute Gasteiger partial charge is 0.493 e. The van der Waals surface area contributed by atoms with Gasteiger partial charge in [-0.3, -0.25) is 4.79 Å². The maximum atomic E-state index is 11.6. The van der Waals surface area contributed by atoms with E-state index in [0.29, 0.717) is 37.4 Å². The fourth-order valence-electron chi connectivity index (χ4n) is 1.71. The number of H-pyrrole nitrogens is 1. The lowest BCUT2D eigenvalue weighted by atomic mass is 10.3. The zero-order chi connectivity index (χ0) is 14.2. The highest BCUT2D eigenvalue weighted by atomic mass is 16.5. The molecule has 0 bridgehead atoms. The van der Waals surface area contributed by atoms with Gasteiger partial charge in [0.25, 0.3) is 0 Å². The first-order chi connectivity index (χ1) is 9.74. The summed E-state index contributed by atoms with van der Waals surface area (Å²) in [6.45, 7) is 0.890. The van der Waals surface area contributed by atoms with E-state index >= 15 is 0 Å². The summed E-state index contributed by atoms with van der Waals surface area (Å²) in [5.74, 6) is 1.50. The van der Waals surface area contributed by atoms with Crippen LogP contribution in [0.15, 0.2) is 36.7 Å². The highest BCUT2D eigenvalue weighted by Crippen LogP contribution is 2.14.